The van der Waals surface area contributed by atoms with Gasteiger partial charge < -0.3 is 15.7 Å². The zero-order valence-corrected chi connectivity index (χ0v) is 17.0. The molecule has 3 N–H and O–H groups in total. The number of amides is 1. The van der Waals surface area contributed by atoms with E-state index in [0.717, 1.165) is 5.56 Å². The summed E-state index contributed by atoms with van der Waals surface area (Å²) in [6.45, 7) is 2.08. The number of hydrogen-bond acceptors (Lipinski definition) is 3. The zero-order chi connectivity index (χ0) is 21.2. The average Bonchev–Trinajstić information content (AvgIpc) is 3.10. The molecule has 0 spiro atoms. The molecule has 1 saturated heterocycles. The summed E-state index contributed by atoms with van der Waals surface area (Å²) in [5.74, 6) is -1.38. The summed E-state index contributed by atoms with van der Waals surface area (Å²) in [6, 6.07) is 11.4. The number of hydrogen-bond donors (Lipinski definition) is 2. The van der Waals surface area contributed by atoms with Crippen molar-refractivity contribution in [3.05, 3.63) is 58.9 Å². The molecule has 1 aliphatic heterocycles. The first-order valence-electron chi connectivity index (χ1n) is 9.49. The minimum absolute atomic E-state index is 0.120. The molecule has 0 radical (unpaired) electrons. The van der Waals surface area contributed by atoms with Gasteiger partial charge in [-0.15, -0.1) is 0 Å². The normalized spacial score (nSPS) is 19.9. The first-order valence-corrected chi connectivity index (χ1v) is 9.87. The zero-order valence-electron chi connectivity index (χ0n) is 16.2. The van der Waals surface area contributed by atoms with Crippen LogP contribution in [0.25, 0.3) is 11.1 Å². The van der Waals surface area contributed by atoms with Gasteiger partial charge in [-0.1, -0.05) is 35.9 Å². The van der Waals surface area contributed by atoms with Crippen molar-refractivity contribution >= 4 is 23.5 Å². The number of halogens is 2. The molecule has 2 aromatic carbocycles. The van der Waals surface area contributed by atoms with Crippen LogP contribution in [-0.2, 0) is 16.0 Å². The summed E-state index contributed by atoms with van der Waals surface area (Å²) in [5, 5.41) is 10.2. The van der Waals surface area contributed by atoms with Crippen LogP contribution in [0.15, 0.2) is 42.5 Å². The standard InChI is InChI=1S/C22H24ClFN2O3/c1-14(27)26-9-8-22(13-26,21(28)29)12-18(25)10-15-2-4-16(5-3-15)19-11-17(23)6-7-20(19)24/h2-7,11,18H,8-10,12-13,25H2,1H3,(H,28,29). The molecule has 154 valence electrons. The Labute approximate surface area is 174 Å². The summed E-state index contributed by atoms with van der Waals surface area (Å²) in [5.41, 5.74) is 7.34. The lowest BCUT2D eigenvalue weighted by atomic mass is 9.79. The highest BCUT2D eigenvalue weighted by molar-refractivity contribution is 6.30. The third-order valence-corrected chi connectivity index (χ3v) is 5.83. The van der Waals surface area contributed by atoms with Crippen LogP contribution < -0.4 is 5.73 Å². The fourth-order valence-corrected chi connectivity index (χ4v) is 4.16. The molecule has 2 aromatic rings. The highest BCUT2D eigenvalue weighted by Gasteiger charge is 2.46. The van der Waals surface area contributed by atoms with Crippen LogP contribution >= 0.6 is 11.6 Å². The minimum atomic E-state index is -1.01. The minimum Gasteiger partial charge on any atom is -0.481 e. The van der Waals surface area contributed by atoms with Crippen molar-refractivity contribution in [3.63, 3.8) is 0 Å². The Kier molecular flexibility index (Phi) is 6.24. The van der Waals surface area contributed by atoms with Gasteiger partial charge in [-0.2, -0.15) is 0 Å². The number of nitrogens with zero attached hydrogens (tertiary/aromatic N) is 1. The summed E-state index contributed by atoms with van der Waals surface area (Å²) >= 11 is 5.96. The number of likely N-dealkylation sites (tertiary alicyclic amines) is 1. The quantitative estimate of drug-likeness (QED) is 0.748. The van der Waals surface area contributed by atoms with Gasteiger partial charge in [0.15, 0.2) is 0 Å². The van der Waals surface area contributed by atoms with Crippen LogP contribution in [0.5, 0.6) is 0 Å². The number of carboxylic acids is 1. The van der Waals surface area contributed by atoms with E-state index < -0.39 is 11.4 Å². The molecule has 1 aliphatic rings. The number of aliphatic carboxylic acids is 1. The maximum atomic E-state index is 14.0. The lowest BCUT2D eigenvalue weighted by Gasteiger charge is -2.27. The number of nitrogens with two attached hydrogens (primary N) is 1. The lowest BCUT2D eigenvalue weighted by molar-refractivity contribution is -0.149. The molecule has 5 nitrogen and oxygen atoms in total. The Morgan fingerprint density at radius 2 is 1.97 bits per heavy atom. The van der Waals surface area contributed by atoms with Crippen molar-refractivity contribution in [2.75, 3.05) is 13.1 Å². The molecule has 1 heterocycles. The second-order valence-corrected chi connectivity index (χ2v) is 8.20. The Morgan fingerprint density at radius 1 is 1.28 bits per heavy atom. The van der Waals surface area contributed by atoms with Crippen LogP contribution in [0, 0.1) is 11.2 Å². The fraction of sp³-hybridized carbons (Fsp3) is 0.364. The van der Waals surface area contributed by atoms with Crippen molar-refractivity contribution in [2.45, 2.75) is 32.2 Å². The molecule has 7 heteroatoms. The van der Waals surface area contributed by atoms with Gasteiger partial charge in [0, 0.05) is 36.6 Å². The third-order valence-electron chi connectivity index (χ3n) is 5.60. The van der Waals surface area contributed by atoms with E-state index in [4.69, 9.17) is 17.3 Å². The van der Waals surface area contributed by atoms with Crippen LogP contribution in [0.1, 0.15) is 25.3 Å². The van der Waals surface area contributed by atoms with Gasteiger partial charge in [0.05, 0.1) is 5.41 Å². The fourth-order valence-electron chi connectivity index (χ4n) is 3.99. The molecule has 0 aliphatic carbocycles. The maximum Gasteiger partial charge on any atom is 0.311 e. The molecule has 1 fully saturated rings. The summed E-state index contributed by atoms with van der Waals surface area (Å²) in [7, 11) is 0. The Morgan fingerprint density at radius 3 is 2.55 bits per heavy atom. The van der Waals surface area contributed by atoms with Crippen molar-refractivity contribution in [3.8, 4) is 11.1 Å². The van der Waals surface area contributed by atoms with Crippen LogP contribution in [0.2, 0.25) is 5.02 Å². The van der Waals surface area contributed by atoms with E-state index in [2.05, 4.69) is 0 Å². The van der Waals surface area contributed by atoms with Crippen molar-refractivity contribution in [1.82, 2.24) is 4.90 Å². The lowest BCUT2D eigenvalue weighted by Crippen LogP contribution is -2.41. The molecule has 29 heavy (non-hydrogen) atoms. The van der Waals surface area contributed by atoms with Gasteiger partial charge in [0.25, 0.3) is 0 Å². The molecule has 3 rings (SSSR count). The smallest absolute Gasteiger partial charge is 0.311 e. The summed E-state index contributed by atoms with van der Waals surface area (Å²) in [6.07, 6.45) is 1.19. The Hall–Kier alpha value is -2.44. The van der Waals surface area contributed by atoms with Gasteiger partial charge in [-0.25, -0.2) is 4.39 Å². The van der Waals surface area contributed by atoms with E-state index in [9.17, 15) is 19.1 Å². The number of carbonyl (C=O) groups excluding carboxylic acids is 1. The van der Waals surface area contributed by atoms with E-state index in [1.54, 1.807) is 23.1 Å². The largest absolute Gasteiger partial charge is 0.481 e. The molecule has 0 aromatic heterocycles. The topological polar surface area (TPSA) is 83.6 Å². The van der Waals surface area contributed by atoms with Crippen molar-refractivity contribution < 1.29 is 19.1 Å². The summed E-state index contributed by atoms with van der Waals surface area (Å²) in [4.78, 5) is 25.1. The predicted octanol–water partition coefficient (Wildman–Crippen LogP) is 3.73. The van der Waals surface area contributed by atoms with Crippen LogP contribution in [-0.4, -0.2) is 41.0 Å². The Bertz CT molecular complexity index is 919. The van der Waals surface area contributed by atoms with E-state index in [1.807, 2.05) is 12.1 Å². The molecule has 2 atom stereocenters. The van der Waals surface area contributed by atoms with Gasteiger partial charge >= 0.3 is 5.97 Å². The number of benzene rings is 2. The first kappa shape index (κ1) is 21.3. The van der Waals surface area contributed by atoms with Crippen LogP contribution in [0.3, 0.4) is 0 Å². The highest BCUT2D eigenvalue weighted by atomic mass is 35.5. The van der Waals surface area contributed by atoms with E-state index >= 15 is 0 Å². The van der Waals surface area contributed by atoms with E-state index in [-0.39, 0.29) is 30.7 Å². The second-order valence-electron chi connectivity index (χ2n) is 7.77. The number of carboxylic acid groups (broad SMARTS) is 1. The third kappa shape index (κ3) is 4.77. The number of rotatable bonds is 6. The second kappa shape index (κ2) is 8.51. The van der Waals surface area contributed by atoms with E-state index in [1.165, 1.54) is 19.1 Å². The van der Waals surface area contributed by atoms with Gasteiger partial charge in [-0.05, 0) is 48.6 Å². The maximum absolute atomic E-state index is 14.0. The van der Waals surface area contributed by atoms with Gasteiger partial charge in [-0.3, -0.25) is 9.59 Å². The molecular formula is C22H24ClFN2O3. The SMILES string of the molecule is CC(=O)N1CCC(CC(N)Cc2ccc(-c3cc(Cl)ccc3F)cc2)(C(=O)O)C1. The average molecular weight is 419 g/mol. The molecule has 0 bridgehead atoms. The van der Waals surface area contributed by atoms with Crippen molar-refractivity contribution in [1.29, 1.82) is 0 Å². The monoisotopic (exact) mass is 418 g/mol. The number of carbonyl (C=O) groups is 2. The van der Waals surface area contributed by atoms with Gasteiger partial charge in [0.2, 0.25) is 5.91 Å². The molecule has 0 saturated carbocycles. The molecule has 2 unspecified atom stereocenters. The Balaban J connectivity index is 1.69. The first-order chi connectivity index (χ1) is 13.7. The predicted molar refractivity (Wildman–Crippen MR) is 110 cm³/mol. The summed E-state index contributed by atoms with van der Waals surface area (Å²) < 4.78 is 14.0. The van der Waals surface area contributed by atoms with Crippen LogP contribution in [0.4, 0.5) is 4.39 Å². The van der Waals surface area contributed by atoms with Gasteiger partial charge in [0.1, 0.15) is 5.82 Å². The van der Waals surface area contributed by atoms with E-state index in [0.29, 0.717) is 35.5 Å². The highest BCUT2D eigenvalue weighted by Crippen LogP contribution is 2.36. The van der Waals surface area contributed by atoms with Crippen molar-refractivity contribution in [2.24, 2.45) is 11.1 Å². The molecule has 1 amide bonds. The molecular weight excluding hydrogens is 395 g/mol.